The van der Waals surface area contributed by atoms with E-state index in [0.717, 1.165) is 16.9 Å². The molecule has 1 unspecified atom stereocenters. The fourth-order valence-corrected chi connectivity index (χ4v) is 2.08. The number of benzene rings is 2. The third kappa shape index (κ3) is 6.11. The summed E-state index contributed by atoms with van der Waals surface area (Å²) in [4.78, 5) is 11.6. The van der Waals surface area contributed by atoms with Crippen molar-refractivity contribution in [2.75, 3.05) is 6.54 Å². The van der Waals surface area contributed by atoms with Crippen LogP contribution in [0.4, 0.5) is 0 Å². The van der Waals surface area contributed by atoms with Gasteiger partial charge in [-0.15, -0.1) is 0 Å². The highest BCUT2D eigenvalue weighted by atomic mass is 16.5. The van der Waals surface area contributed by atoms with Crippen LogP contribution in [-0.2, 0) is 11.4 Å². The number of hydrazone groups is 1. The van der Waals surface area contributed by atoms with Crippen LogP contribution in [0, 0.1) is 17.2 Å². The summed E-state index contributed by atoms with van der Waals surface area (Å²) < 4.78 is 5.73. The molecule has 25 heavy (non-hydrogen) atoms. The molecule has 0 saturated heterocycles. The zero-order valence-corrected chi connectivity index (χ0v) is 14.4. The molecule has 2 rings (SSSR count). The second kappa shape index (κ2) is 9.24. The van der Waals surface area contributed by atoms with Crippen molar-refractivity contribution in [3.05, 3.63) is 65.7 Å². The predicted octanol–water partition coefficient (Wildman–Crippen LogP) is 3.61. The van der Waals surface area contributed by atoms with Gasteiger partial charge in [0.05, 0.1) is 24.7 Å². The van der Waals surface area contributed by atoms with Crippen LogP contribution in [0.15, 0.2) is 59.7 Å². The zero-order chi connectivity index (χ0) is 18.1. The van der Waals surface area contributed by atoms with E-state index >= 15 is 0 Å². The number of hydrogen-bond donors (Lipinski definition) is 0. The van der Waals surface area contributed by atoms with Crippen LogP contribution in [-0.4, -0.2) is 23.7 Å². The minimum atomic E-state index is -0.269. The van der Waals surface area contributed by atoms with Gasteiger partial charge in [0, 0.05) is 6.92 Å². The molecule has 2 aromatic rings. The Labute approximate surface area is 148 Å². The molecule has 0 N–H and O–H groups in total. The average molecular weight is 335 g/mol. The predicted molar refractivity (Wildman–Crippen MR) is 97.0 cm³/mol. The molecule has 0 bridgehead atoms. The number of carbonyl (C=O) groups is 1. The van der Waals surface area contributed by atoms with Crippen LogP contribution in [0.5, 0.6) is 5.75 Å². The first-order valence-electron chi connectivity index (χ1n) is 8.07. The van der Waals surface area contributed by atoms with Crippen molar-refractivity contribution in [1.82, 2.24) is 5.01 Å². The van der Waals surface area contributed by atoms with Crippen LogP contribution >= 0.6 is 0 Å². The Morgan fingerprint density at radius 2 is 1.92 bits per heavy atom. The van der Waals surface area contributed by atoms with Crippen LogP contribution in [0.3, 0.4) is 0 Å². The number of amides is 1. The van der Waals surface area contributed by atoms with E-state index in [1.807, 2.05) is 54.6 Å². The Morgan fingerprint density at radius 3 is 2.52 bits per heavy atom. The molecule has 0 radical (unpaired) electrons. The summed E-state index contributed by atoms with van der Waals surface area (Å²) in [5.41, 5.74) is 1.96. The SMILES string of the molecule is CC(=O)N(CC(C)C#N)N=Cc1ccc(OCc2ccccc2)cc1. The average Bonchev–Trinajstić information content (AvgIpc) is 2.64. The van der Waals surface area contributed by atoms with Crippen molar-refractivity contribution in [3.63, 3.8) is 0 Å². The maximum atomic E-state index is 11.6. The highest BCUT2D eigenvalue weighted by Gasteiger charge is 2.10. The van der Waals surface area contributed by atoms with Gasteiger partial charge in [-0.2, -0.15) is 10.4 Å². The summed E-state index contributed by atoms with van der Waals surface area (Å²) in [7, 11) is 0. The third-order valence-corrected chi connectivity index (χ3v) is 3.51. The number of carbonyl (C=O) groups excluding carboxylic acids is 1. The number of ether oxygens (including phenoxy) is 1. The van der Waals surface area contributed by atoms with Crippen molar-refractivity contribution in [2.24, 2.45) is 11.0 Å². The summed E-state index contributed by atoms with van der Waals surface area (Å²) in [5.74, 6) is 0.304. The first-order valence-corrected chi connectivity index (χ1v) is 8.07. The highest BCUT2D eigenvalue weighted by molar-refractivity contribution is 5.81. The molecule has 5 nitrogen and oxygen atoms in total. The number of hydrogen-bond acceptors (Lipinski definition) is 4. The van der Waals surface area contributed by atoms with Gasteiger partial charge in [0.15, 0.2) is 0 Å². The highest BCUT2D eigenvalue weighted by Crippen LogP contribution is 2.13. The second-order valence-electron chi connectivity index (χ2n) is 5.72. The first kappa shape index (κ1) is 18.2. The normalized spacial score (nSPS) is 11.7. The van der Waals surface area contributed by atoms with Crippen LogP contribution in [0.2, 0.25) is 0 Å². The third-order valence-electron chi connectivity index (χ3n) is 3.51. The van der Waals surface area contributed by atoms with E-state index < -0.39 is 0 Å². The van der Waals surface area contributed by atoms with Crippen molar-refractivity contribution in [1.29, 1.82) is 5.26 Å². The molecule has 0 aromatic heterocycles. The smallest absolute Gasteiger partial charge is 0.239 e. The van der Waals surface area contributed by atoms with Crippen LogP contribution in [0.25, 0.3) is 0 Å². The van der Waals surface area contributed by atoms with E-state index in [1.165, 1.54) is 11.9 Å². The molecule has 0 spiro atoms. The van der Waals surface area contributed by atoms with E-state index in [-0.39, 0.29) is 18.4 Å². The Morgan fingerprint density at radius 1 is 1.24 bits per heavy atom. The number of nitrogens with zero attached hydrogens (tertiary/aromatic N) is 3. The Balaban J connectivity index is 1.94. The van der Waals surface area contributed by atoms with E-state index in [4.69, 9.17) is 10.00 Å². The monoisotopic (exact) mass is 335 g/mol. The molecule has 1 atom stereocenters. The number of rotatable bonds is 7. The topological polar surface area (TPSA) is 65.7 Å². The minimum Gasteiger partial charge on any atom is -0.489 e. The lowest BCUT2D eigenvalue weighted by Crippen LogP contribution is -2.27. The minimum absolute atomic E-state index is 0.193. The van der Waals surface area contributed by atoms with E-state index in [1.54, 1.807) is 13.1 Å². The fourth-order valence-electron chi connectivity index (χ4n) is 2.08. The summed E-state index contributed by atoms with van der Waals surface area (Å²) >= 11 is 0. The molecule has 1 amide bonds. The lowest BCUT2D eigenvalue weighted by molar-refractivity contribution is -0.129. The van der Waals surface area contributed by atoms with Gasteiger partial charge in [0.25, 0.3) is 0 Å². The van der Waals surface area contributed by atoms with Gasteiger partial charge in [-0.05, 0) is 42.3 Å². The molecule has 5 heteroatoms. The van der Waals surface area contributed by atoms with Crippen molar-refractivity contribution in [3.8, 4) is 11.8 Å². The standard InChI is InChI=1S/C20H21N3O2/c1-16(12-21)14-23(17(2)24)22-13-18-8-10-20(11-9-18)25-15-19-6-4-3-5-7-19/h3-11,13,16H,14-15H2,1-2H3. The van der Waals surface area contributed by atoms with E-state index in [2.05, 4.69) is 11.2 Å². The van der Waals surface area contributed by atoms with Gasteiger partial charge in [-0.1, -0.05) is 30.3 Å². The Kier molecular flexibility index (Phi) is 6.73. The van der Waals surface area contributed by atoms with Gasteiger partial charge >= 0.3 is 0 Å². The first-order chi connectivity index (χ1) is 12.1. The van der Waals surface area contributed by atoms with Crippen molar-refractivity contribution < 1.29 is 9.53 Å². The number of nitriles is 1. The largest absolute Gasteiger partial charge is 0.489 e. The fraction of sp³-hybridized carbons (Fsp3) is 0.250. The van der Waals surface area contributed by atoms with Gasteiger partial charge in [0.1, 0.15) is 12.4 Å². The summed E-state index contributed by atoms with van der Waals surface area (Å²) in [6.07, 6.45) is 1.60. The van der Waals surface area contributed by atoms with Gasteiger partial charge in [-0.25, -0.2) is 5.01 Å². The lowest BCUT2D eigenvalue weighted by atomic mass is 10.2. The molecule has 0 aliphatic heterocycles. The molecule has 0 fully saturated rings. The van der Waals surface area contributed by atoms with Gasteiger partial charge in [-0.3, -0.25) is 4.79 Å². The summed E-state index contributed by atoms with van der Waals surface area (Å²) in [6.45, 7) is 3.98. The molecule has 0 aliphatic carbocycles. The maximum absolute atomic E-state index is 11.6. The molecule has 2 aromatic carbocycles. The maximum Gasteiger partial charge on any atom is 0.239 e. The van der Waals surface area contributed by atoms with Gasteiger partial charge in [0.2, 0.25) is 5.91 Å². The second-order valence-corrected chi connectivity index (χ2v) is 5.72. The molecule has 0 saturated carbocycles. The quantitative estimate of drug-likeness (QED) is 0.573. The molecular weight excluding hydrogens is 314 g/mol. The zero-order valence-electron chi connectivity index (χ0n) is 14.4. The van der Waals surface area contributed by atoms with Crippen LogP contribution in [0.1, 0.15) is 25.0 Å². The lowest BCUT2D eigenvalue weighted by Gasteiger charge is -2.15. The van der Waals surface area contributed by atoms with E-state index in [0.29, 0.717) is 6.61 Å². The van der Waals surface area contributed by atoms with Crippen molar-refractivity contribution >= 4 is 12.1 Å². The summed E-state index contributed by atoms with van der Waals surface area (Å²) in [6, 6.07) is 19.5. The Bertz CT molecular complexity index is 749. The van der Waals surface area contributed by atoms with Crippen molar-refractivity contribution in [2.45, 2.75) is 20.5 Å². The Hall–Kier alpha value is -3.13. The molecule has 0 heterocycles. The molecular formula is C20H21N3O2. The van der Waals surface area contributed by atoms with Gasteiger partial charge < -0.3 is 4.74 Å². The van der Waals surface area contributed by atoms with E-state index in [9.17, 15) is 4.79 Å². The molecule has 0 aliphatic rings. The van der Waals surface area contributed by atoms with Crippen LogP contribution < -0.4 is 4.74 Å². The molecule has 128 valence electrons. The summed E-state index contributed by atoms with van der Waals surface area (Å²) in [5, 5.41) is 14.3.